The van der Waals surface area contributed by atoms with Crippen molar-refractivity contribution < 1.29 is 18.3 Å². The van der Waals surface area contributed by atoms with Crippen molar-refractivity contribution in [3.8, 4) is 5.75 Å². The van der Waals surface area contributed by atoms with Crippen LogP contribution in [0.1, 0.15) is 0 Å². The molecule has 0 saturated heterocycles. The number of rotatable bonds is 2. The Balaban J connectivity index is 2.47. The minimum atomic E-state index is -3.40. The zero-order valence-corrected chi connectivity index (χ0v) is 9.51. The van der Waals surface area contributed by atoms with Crippen LogP contribution in [0.5, 0.6) is 5.75 Å². The Morgan fingerprint density at radius 1 is 1.69 bits per heavy atom. The summed E-state index contributed by atoms with van der Waals surface area (Å²) in [6, 6.07) is 3.28. The first-order chi connectivity index (χ1) is 7.52. The molecule has 1 aliphatic rings. The fourth-order valence-corrected chi connectivity index (χ4v) is 2.43. The molecule has 1 unspecified atom stereocenters. The Kier molecular flexibility index (Phi) is 2.73. The van der Waals surface area contributed by atoms with Gasteiger partial charge >= 0.3 is 0 Å². The predicted molar refractivity (Wildman–Crippen MR) is 57.9 cm³/mol. The first-order valence-corrected chi connectivity index (χ1v) is 6.57. The number of aliphatic hydroxyl groups is 1. The maximum Gasteiger partial charge on any atom is 0.233 e. The van der Waals surface area contributed by atoms with Gasteiger partial charge in [-0.3, -0.25) is 0 Å². The third-order valence-electron chi connectivity index (χ3n) is 2.25. The largest absolute Gasteiger partial charge is 0.482 e. The molecule has 0 amide bonds. The first-order valence-electron chi connectivity index (χ1n) is 4.72. The Hall–Kier alpha value is -1.34. The van der Waals surface area contributed by atoms with Crippen LogP contribution in [-0.2, 0) is 10.0 Å². The van der Waals surface area contributed by atoms with Crippen LogP contribution in [0.2, 0.25) is 0 Å². The van der Waals surface area contributed by atoms with E-state index in [1.807, 2.05) is 0 Å². The monoisotopic (exact) mass is 244 g/mol. The lowest BCUT2D eigenvalue weighted by atomic mass is 10.3. The van der Waals surface area contributed by atoms with Gasteiger partial charge < -0.3 is 9.84 Å². The third kappa shape index (κ3) is 1.96. The number of ether oxygens (including phenoxy) is 1. The summed E-state index contributed by atoms with van der Waals surface area (Å²) in [7, 11) is -3.40. The summed E-state index contributed by atoms with van der Waals surface area (Å²) < 4.78 is 29.7. The average Bonchev–Trinajstić information content (AvgIpc) is 2.26. The lowest BCUT2D eigenvalue weighted by Gasteiger charge is -2.32. The van der Waals surface area contributed by atoms with Crippen molar-refractivity contribution in [1.29, 1.82) is 0 Å². The third-order valence-corrected chi connectivity index (χ3v) is 3.38. The van der Waals surface area contributed by atoms with Crippen molar-refractivity contribution in [3.63, 3.8) is 0 Å². The highest BCUT2D eigenvalue weighted by Gasteiger charge is 2.31. The lowest BCUT2D eigenvalue weighted by Crippen LogP contribution is -2.45. The topological polar surface area (TPSA) is 79.7 Å². The molecule has 0 radical (unpaired) electrons. The number of hydrogen-bond donors (Lipinski definition) is 1. The van der Waals surface area contributed by atoms with Gasteiger partial charge in [0.05, 0.1) is 19.4 Å². The van der Waals surface area contributed by atoms with Gasteiger partial charge in [-0.05, 0) is 12.1 Å². The Morgan fingerprint density at radius 2 is 2.44 bits per heavy atom. The van der Waals surface area contributed by atoms with Crippen LogP contribution in [0.15, 0.2) is 18.3 Å². The molecular weight excluding hydrogens is 232 g/mol. The summed E-state index contributed by atoms with van der Waals surface area (Å²) in [5.74, 6) is 0.646. The molecule has 0 aliphatic carbocycles. The Bertz CT molecular complexity index is 488. The van der Waals surface area contributed by atoms with Gasteiger partial charge in [0, 0.05) is 6.20 Å². The average molecular weight is 244 g/mol. The van der Waals surface area contributed by atoms with Crippen molar-refractivity contribution >= 4 is 15.8 Å². The molecular formula is C9H12N2O4S. The maximum absolute atomic E-state index is 11.6. The lowest BCUT2D eigenvalue weighted by molar-refractivity contribution is 0.115. The molecule has 2 heterocycles. The number of nitrogens with zero attached hydrogens (tertiary/aromatic N) is 2. The van der Waals surface area contributed by atoms with Crippen LogP contribution in [0.3, 0.4) is 0 Å². The summed E-state index contributed by atoms with van der Waals surface area (Å²) in [6.07, 6.45) is 2.05. The summed E-state index contributed by atoms with van der Waals surface area (Å²) >= 11 is 0. The zero-order chi connectivity index (χ0) is 11.8. The number of sulfonamides is 1. The van der Waals surface area contributed by atoms with Gasteiger partial charge in [-0.25, -0.2) is 17.7 Å². The van der Waals surface area contributed by atoms with Crippen LogP contribution in [0.4, 0.5) is 5.82 Å². The molecule has 6 nitrogen and oxygen atoms in total. The highest BCUT2D eigenvalue weighted by molar-refractivity contribution is 7.92. The molecule has 0 spiro atoms. The summed E-state index contributed by atoms with van der Waals surface area (Å²) in [6.45, 7) is -0.153. The van der Waals surface area contributed by atoms with Gasteiger partial charge in [0.15, 0.2) is 11.6 Å². The van der Waals surface area contributed by atoms with Crippen LogP contribution >= 0.6 is 0 Å². The summed E-state index contributed by atoms with van der Waals surface area (Å²) in [5, 5.41) is 9.03. The van der Waals surface area contributed by atoms with E-state index in [2.05, 4.69) is 4.98 Å². The molecule has 88 valence electrons. The van der Waals surface area contributed by atoms with Gasteiger partial charge in [-0.1, -0.05) is 0 Å². The summed E-state index contributed by atoms with van der Waals surface area (Å²) in [4.78, 5) is 3.98. The molecule has 2 rings (SSSR count). The van der Waals surface area contributed by atoms with E-state index in [4.69, 9.17) is 9.84 Å². The molecule has 0 bridgehead atoms. The minimum absolute atomic E-state index is 0.0827. The highest BCUT2D eigenvalue weighted by atomic mass is 32.2. The number of aromatic nitrogens is 1. The van der Waals surface area contributed by atoms with Crippen molar-refractivity contribution in [3.05, 3.63) is 18.3 Å². The van der Waals surface area contributed by atoms with Gasteiger partial charge in [-0.2, -0.15) is 0 Å². The van der Waals surface area contributed by atoms with Gasteiger partial charge in [-0.15, -0.1) is 0 Å². The fourth-order valence-electron chi connectivity index (χ4n) is 1.54. The van der Waals surface area contributed by atoms with Gasteiger partial charge in [0.2, 0.25) is 10.0 Å². The Morgan fingerprint density at radius 3 is 3.06 bits per heavy atom. The van der Waals surface area contributed by atoms with E-state index >= 15 is 0 Å². The second-order valence-electron chi connectivity index (χ2n) is 3.54. The SMILES string of the molecule is CS(=O)(=O)N1CC(CO)Oc2cccnc21. The quantitative estimate of drug-likeness (QED) is 0.765. The van der Waals surface area contributed by atoms with E-state index in [0.29, 0.717) is 5.75 Å². The van der Waals surface area contributed by atoms with E-state index in [-0.39, 0.29) is 19.0 Å². The smallest absolute Gasteiger partial charge is 0.233 e. The first kappa shape index (κ1) is 11.2. The van der Waals surface area contributed by atoms with Crippen molar-refractivity contribution in [2.45, 2.75) is 6.10 Å². The zero-order valence-electron chi connectivity index (χ0n) is 8.70. The van der Waals surface area contributed by atoms with E-state index in [1.165, 1.54) is 6.20 Å². The van der Waals surface area contributed by atoms with Crippen LogP contribution in [-0.4, -0.2) is 44.0 Å². The van der Waals surface area contributed by atoms with Crippen LogP contribution < -0.4 is 9.04 Å². The molecule has 1 N–H and O–H groups in total. The molecule has 7 heteroatoms. The number of anilines is 1. The predicted octanol–water partition coefficient (Wildman–Crippen LogP) is -0.399. The molecule has 1 aliphatic heterocycles. The van der Waals surface area contributed by atoms with Crippen molar-refractivity contribution in [2.24, 2.45) is 0 Å². The van der Waals surface area contributed by atoms with Crippen LogP contribution in [0.25, 0.3) is 0 Å². The molecule has 0 fully saturated rings. The van der Waals surface area contributed by atoms with E-state index < -0.39 is 16.1 Å². The highest BCUT2D eigenvalue weighted by Crippen LogP contribution is 2.31. The van der Waals surface area contributed by atoms with Crippen molar-refractivity contribution in [1.82, 2.24) is 4.98 Å². The van der Waals surface area contributed by atoms with E-state index in [9.17, 15) is 8.42 Å². The standard InChI is InChI=1S/C9H12N2O4S/c1-16(13,14)11-5-7(6-12)15-8-3-2-4-10-9(8)11/h2-4,7,12H,5-6H2,1H3. The second-order valence-corrected chi connectivity index (χ2v) is 5.45. The minimum Gasteiger partial charge on any atom is -0.482 e. The maximum atomic E-state index is 11.6. The number of fused-ring (bicyclic) bond motifs is 1. The fraction of sp³-hybridized carbons (Fsp3) is 0.444. The molecule has 0 aromatic carbocycles. The summed E-state index contributed by atoms with van der Waals surface area (Å²) in [5.41, 5.74) is 0. The van der Waals surface area contributed by atoms with E-state index in [1.54, 1.807) is 12.1 Å². The Labute approximate surface area is 93.5 Å². The molecule has 0 saturated carbocycles. The number of pyridine rings is 1. The molecule has 1 aromatic heterocycles. The van der Waals surface area contributed by atoms with Gasteiger partial charge in [0.25, 0.3) is 0 Å². The number of hydrogen-bond acceptors (Lipinski definition) is 5. The van der Waals surface area contributed by atoms with Crippen molar-refractivity contribution in [2.75, 3.05) is 23.7 Å². The molecule has 16 heavy (non-hydrogen) atoms. The normalized spacial score (nSPS) is 20.1. The van der Waals surface area contributed by atoms with Crippen LogP contribution in [0, 0.1) is 0 Å². The number of aliphatic hydroxyl groups excluding tert-OH is 1. The second kappa shape index (κ2) is 3.91. The van der Waals surface area contributed by atoms with Gasteiger partial charge in [0.1, 0.15) is 6.10 Å². The molecule has 1 atom stereocenters. The van der Waals surface area contributed by atoms with E-state index in [0.717, 1.165) is 10.6 Å². The molecule has 1 aromatic rings.